The van der Waals surface area contributed by atoms with Crippen molar-refractivity contribution >= 4 is 0 Å². The number of halogens is 2. The third-order valence-corrected chi connectivity index (χ3v) is 3.21. The summed E-state index contributed by atoms with van der Waals surface area (Å²) in [5.74, 6) is -1.82. The summed E-state index contributed by atoms with van der Waals surface area (Å²) in [5.41, 5.74) is 0. The number of hydrogen-bond donors (Lipinski definition) is 1. The summed E-state index contributed by atoms with van der Waals surface area (Å²) in [5, 5.41) is 2.71. The average Bonchev–Trinajstić information content (AvgIpc) is 2.81. The maximum atomic E-state index is 13.4. The van der Waals surface area contributed by atoms with Crippen LogP contribution in [0.1, 0.15) is 19.8 Å². The summed E-state index contributed by atoms with van der Waals surface area (Å²) in [6, 6.07) is 0.488. The molecule has 1 N–H and O–H groups in total. The van der Waals surface area contributed by atoms with E-state index in [1.165, 1.54) is 0 Å². The van der Waals surface area contributed by atoms with Crippen LogP contribution in [-0.4, -0.2) is 43.0 Å². The first kappa shape index (κ1) is 10.3. The van der Waals surface area contributed by atoms with E-state index in [9.17, 15) is 8.78 Å². The quantitative estimate of drug-likeness (QED) is 0.726. The normalized spacial score (nSPS) is 31.9. The third kappa shape index (κ3) is 2.23. The van der Waals surface area contributed by atoms with Gasteiger partial charge in [0.1, 0.15) is 0 Å². The topological polar surface area (TPSA) is 15.3 Å². The number of piperidine rings is 1. The number of hydrogen-bond acceptors (Lipinski definition) is 2. The second kappa shape index (κ2) is 3.74. The van der Waals surface area contributed by atoms with Crippen molar-refractivity contribution < 1.29 is 8.78 Å². The van der Waals surface area contributed by atoms with Crippen molar-refractivity contribution in [3.8, 4) is 0 Å². The Morgan fingerprint density at radius 1 is 1.50 bits per heavy atom. The molecule has 2 unspecified atom stereocenters. The molecule has 1 aliphatic heterocycles. The number of likely N-dealkylation sites (tertiary alicyclic amines) is 1. The highest BCUT2D eigenvalue weighted by Crippen LogP contribution is 2.44. The van der Waals surface area contributed by atoms with Gasteiger partial charge < -0.3 is 5.32 Å². The number of nitrogens with one attached hydrogen (secondary N) is 1. The van der Waals surface area contributed by atoms with Crippen molar-refractivity contribution in [3.05, 3.63) is 0 Å². The zero-order valence-electron chi connectivity index (χ0n) is 8.60. The lowest BCUT2D eigenvalue weighted by Crippen LogP contribution is -2.43. The lowest BCUT2D eigenvalue weighted by Gasteiger charge is -2.24. The molecule has 0 radical (unpaired) electrons. The molecule has 14 heavy (non-hydrogen) atoms. The van der Waals surface area contributed by atoms with Gasteiger partial charge in [0.25, 0.3) is 5.92 Å². The summed E-state index contributed by atoms with van der Waals surface area (Å²) in [4.78, 5) is 1.96. The molecule has 2 atom stereocenters. The van der Waals surface area contributed by atoms with Gasteiger partial charge in [-0.3, -0.25) is 4.90 Å². The molecule has 2 nitrogen and oxygen atoms in total. The first-order valence-electron chi connectivity index (χ1n) is 5.45. The van der Waals surface area contributed by atoms with Gasteiger partial charge in [-0.05, 0) is 31.8 Å². The SMILES string of the molecule is CCNCC(F)(F)CN1CCC2CC21. The molecule has 2 aliphatic rings. The predicted octanol–water partition coefficient (Wildman–Crippen LogP) is 1.33. The zero-order chi connectivity index (χ0) is 10.2. The van der Waals surface area contributed by atoms with Crippen molar-refractivity contribution in [1.82, 2.24) is 10.2 Å². The van der Waals surface area contributed by atoms with Crippen LogP contribution in [0.4, 0.5) is 8.78 Å². The molecule has 2 fully saturated rings. The van der Waals surface area contributed by atoms with Gasteiger partial charge in [0, 0.05) is 6.04 Å². The second-order valence-electron chi connectivity index (χ2n) is 4.46. The summed E-state index contributed by atoms with van der Waals surface area (Å²) in [6.45, 7) is 3.10. The van der Waals surface area contributed by atoms with Gasteiger partial charge in [0.15, 0.2) is 0 Å². The van der Waals surface area contributed by atoms with E-state index in [0.717, 1.165) is 25.3 Å². The standard InChI is InChI=1S/C10H18F2N2/c1-2-13-6-10(11,12)7-14-4-3-8-5-9(8)14/h8-9,13H,2-7H2,1H3. The van der Waals surface area contributed by atoms with E-state index in [1.807, 2.05) is 11.8 Å². The van der Waals surface area contributed by atoms with Crippen molar-refractivity contribution in [3.63, 3.8) is 0 Å². The Morgan fingerprint density at radius 2 is 2.29 bits per heavy atom. The van der Waals surface area contributed by atoms with Gasteiger partial charge in [-0.1, -0.05) is 6.92 Å². The minimum atomic E-state index is -2.56. The van der Waals surface area contributed by atoms with Crippen LogP contribution in [0.15, 0.2) is 0 Å². The van der Waals surface area contributed by atoms with Gasteiger partial charge in [-0.2, -0.15) is 0 Å². The van der Waals surface area contributed by atoms with E-state index in [0.29, 0.717) is 12.6 Å². The molecule has 0 aromatic heterocycles. The largest absolute Gasteiger partial charge is 0.311 e. The molecule has 0 aromatic rings. The number of fused-ring (bicyclic) bond motifs is 1. The van der Waals surface area contributed by atoms with Crippen LogP contribution in [0.2, 0.25) is 0 Å². The van der Waals surface area contributed by atoms with Crippen molar-refractivity contribution in [2.24, 2.45) is 5.92 Å². The van der Waals surface area contributed by atoms with Crippen molar-refractivity contribution in [1.29, 1.82) is 0 Å². The highest BCUT2D eigenvalue weighted by Gasteiger charge is 2.49. The molecule has 1 saturated heterocycles. The highest BCUT2D eigenvalue weighted by molar-refractivity contribution is 5.02. The number of rotatable bonds is 5. The summed E-state index contributed by atoms with van der Waals surface area (Å²) in [7, 11) is 0. The first-order chi connectivity index (χ1) is 6.62. The maximum Gasteiger partial charge on any atom is 0.272 e. The smallest absolute Gasteiger partial charge is 0.272 e. The Labute approximate surface area is 83.7 Å². The monoisotopic (exact) mass is 204 g/mol. The number of nitrogens with zero attached hydrogens (tertiary/aromatic N) is 1. The van der Waals surface area contributed by atoms with Crippen LogP contribution < -0.4 is 5.32 Å². The molecule has 1 heterocycles. The van der Waals surface area contributed by atoms with E-state index >= 15 is 0 Å². The van der Waals surface area contributed by atoms with Crippen LogP contribution in [0.25, 0.3) is 0 Å². The Balaban J connectivity index is 1.77. The molecule has 1 saturated carbocycles. The predicted molar refractivity (Wildman–Crippen MR) is 51.6 cm³/mol. The first-order valence-corrected chi connectivity index (χ1v) is 5.45. The van der Waals surface area contributed by atoms with Gasteiger partial charge in [0.05, 0.1) is 13.1 Å². The molecule has 0 spiro atoms. The van der Waals surface area contributed by atoms with Crippen LogP contribution in [0, 0.1) is 5.92 Å². The summed E-state index contributed by atoms with van der Waals surface area (Å²) < 4.78 is 26.7. The van der Waals surface area contributed by atoms with Crippen LogP contribution in [-0.2, 0) is 0 Å². The molecule has 4 heteroatoms. The summed E-state index contributed by atoms with van der Waals surface area (Å²) in [6.07, 6.45) is 2.28. The van der Waals surface area contributed by atoms with Gasteiger partial charge >= 0.3 is 0 Å². The van der Waals surface area contributed by atoms with E-state index < -0.39 is 5.92 Å². The fourth-order valence-corrected chi connectivity index (χ4v) is 2.34. The van der Waals surface area contributed by atoms with Crippen LogP contribution in [0.3, 0.4) is 0 Å². The lowest BCUT2D eigenvalue weighted by molar-refractivity contribution is -0.0287. The average molecular weight is 204 g/mol. The zero-order valence-corrected chi connectivity index (χ0v) is 8.60. The number of alkyl halides is 2. The Bertz CT molecular complexity index is 208. The van der Waals surface area contributed by atoms with Gasteiger partial charge in [-0.25, -0.2) is 8.78 Å². The van der Waals surface area contributed by atoms with Crippen molar-refractivity contribution in [2.45, 2.75) is 31.7 Å². The summed E-state index contributed by atoms with van der Waals surface area (Å²) >= 11 is 0. The van der Waals surface area contributed by atoms with E-state index in [4.69, 9.17) is 0 Å². The fourth-order valence-electron chi connectivity index (χ4n) is 2.34. The Morgan fingerprint density at radius 3 is 2.79 bits per heavy atom. The molecule has 1 aliphatic carbocycles. The van der Waals surface area contributed by atoms with E-state index in [1.54, 1.807) is 0 Å². The minimum absolute atomic E-state index is 0.0544. The van der Waals surface area contributed by atoms with E-state index in [2.05, 4.69) is 5.32 Å². The molecular formula is C10H18F2N2. The molecular weight excluding hydrogens is 186 g/mol. The Hall–Kier alpha value is -0.220. The fraction of sp³-hybridized carbons (Fsp3) is 1.00. The van der Waals surface area contributed by atoms with Crippen molar-refractivity contribution in [2.75, 3.05) is 26.2 Å². The molecule has 0 aromatic carbocycles. The molecule has 0 bridgehead atoms. The van der Waals surface area contributed by atoms with E-state index in [-0.39, 0.29) is 13.1 Å². The van der Waals surface area contributed by atoms with Crippen LogP contribution in [0.5, 0.6) is 0 Å². The minimum Gasteiger partial charge on any atom is -0.311 e. The third-order valence-electron chi connectivity index (χ3n) is 3.21. The molecule has 0 amide bonds. The lowest BCUT2D eigenvalue weighted by atomic mass is 10.3. The molecule has 82 valence electrons. The highest BCUT2D eigenvalue weighted by atomic mass is 19.3. The van der Waals surface area contributed by atoms with Crippen LogP contribution >= 0.6 is 0 Å². The maximum absolute atomic E-state index is 13.4. The second-order valence-corrected chi connectivity index (χ2v) is 4.46. The van der Waals surface area contributed by atoms with Gasteiger partial charge in [0.2, 0.25) is 0 Å². The van der Waals surface area contributed by atoms with Gasteiger partial charge in [-0.15, -0.1) is 0 Å². The Kier molecular flexibility index (Phi) is 2.75. The molecule has 2 rings (SSSR count).